The number of unbranched alkanes of at least 4 members (excludes halogenated alkanes) is 1. The van der Waals surface area contributed by atoms with E-state index in [-0.39, 0.29) is 16.7 Å². The van der Waals surface area contributed by atoms with Gasteiger partial charge in [0, 0.05) is 17.7 Å². The van der Waals surface area contributed by atoms with E-state index in [4.69, 9.17) is 16.1 Å². The van der Waals surface area contributed by atoms with Gasteiger partial charge in [0.05, 0.1) is 11.0 Å². The van der Waals surface area contributed by atoms with Gasteiger partial charge in [-0.25, -0.2) is 4.98 Å². The number of nitrogen functional groups attached to an aromatic ring is 1. The molecule has 0 saturated carbocycles. The van der Waals surface area contributed by atoms with Gasteiger partial charge in [0.2, 0.25) is 0 Å². The summed E-state index contributed by atoms with van der Waals surface area (Å²) in [7, 11) is 0. The summed E-state index contributed by atoms with van der Waals surface area (Å²) in [5.41, 5.74) is 12.9. The molecule has 4 rings (SSSR count). The third kappa shape index (κ3) is 3.42. The minimum atomic E-state index is 0.0827. The molecule has 3 N–H and O–H groups in total. The number of fused-ring (bicyclic) bond motifs is 2. The minimum Gasteiger partial charge on any atom is -0.384 e. The number of benzene rings is 2. The molecule has 4 nitrogen and oxygen atoms in total. The lowest BCUT2D eigenvalue weighted by Crippen LogP contribution is -2.33. The molecule has 3 aromatic rings. The zero-order valence-electron chi connectivity index (χ0n) is 19.0. The van der Waals surface area contributed by atoms with Gasteiger partial charge in [0.1, 0.15) is 11.7 Å². The molecule has 1 aliphatic carbocycles. The van der Waals surface area contributed by atoms with Crippen molar-refractivity contribution in [1.29, 1.82) is 5.41 Å². The van der Waals surface area contributed by atoms with Crippen LogP contribution < -0.4 is 5.73 Å². The number of nitrogens with one attached hydrogen (secondary N) is 1. The maximum atomic E-state index is 7.77. The molecule has 0 fully saturated rings. The number of nitrogens with zero attached hydrogens (tertiary/aromatic N) is 2. The van der Waals surface area contributed by atoms with Crippen molar-refractivity contribution < 1.29 is 0 Å². The molecule has 1 aliphatic rings. The highest BCUT2D eigenvalue weighted by molar-refractivity contribution is 5.98. The first-order valence-corrected chi connectivity index (χ1v) is 11.1. The van der Waals surface area contributed by atoms with Gasteiger partial charge in [0.15, 0.2) is 0 Å². The highest BCUT2D eigenvalue weighted by atomic mass is 15.1. The number of nitrogens with two attached hydrogens (primary N) is 1. The van der Waals surface area contributed by atoms with Crippen molar-refractivity contribution >= 4 is 16.9 Å². The number of aryl methyl sites for hydroxylation is 1. The summed E-state index contributed by atoms with van der Waals surface area (Å²) >= 11 is 0. The molecule has 1 heterocycles. The Balaban J connectivity index is 1.91. The Morgan fingerprint density at radius 3 is 2.40 bits per heavy atom. The Morgan fingerprint density at radius 2 is 1.73 bits per heavy atom. The standard InChI is InChI=1S/C26H34N4/c1-6-7-14-30-22-11-9-17(23(27)28)16-21(22)29-24(30)18-8-10-19-20(15-18)26(4,5)13-12-25(19,2)3/h8-11,15-16H,6-7,12-14H2,1-5H3,(H3,27,28). The van der Waals surface area contributed by atoms with Crippen molar-refractivity contribution in [2.45, 2.75) is 77.7 Å². The van der Waals surface area contributed by atoms with Crippen LogP contribution in [-0.4, -0.2) is 15.4 Å². The molecule has 0 saturated heterocycles. The van der Waals surface area contributed by atoms with Crippen molar-refractivity contribution in [2.75, 3.05) is 0 Å². The Labute approximate surface area is 180 Å². The highest BCUT2D eigenvalue weighted by Gasteiger charge is 2.37. The Kier molecular flexibility index (Phi) is 5.00. The molecular weight excluding hydrogens is 368 g/mol. The number of hydrogen-bond acceptors (Lipinski definition) is 2. The molecule has 0 radical (unpaired) electrons. The van der Waals surface area contributed by atoms with Gasteiger partial charge in [-0.1, -0.05) is 53.2 Å². The summed E-state index contributed by atoms with van der Waals surface area (Å²) in [6.45, 7) is 12.6. The molecule has 30 heavy (non-hydrogen) atoms. The SMILES string of the molecule is CCCCn1c(-c2ccc3c(c2)C(C)(C)CCC3(C)C)nc2cc(C(=N)N)ccc21. The average Bonchev–Trinajstić information content (AvgIpc) is 3.07. The topological polar surface area (TPSA) is 67.7 Å². The van der Waals surface area contributed by atoms with Gasteiger partial charge in [0.25, 0.3) is 0 Å². The first kappa shape index (κ1) is 20.6. The van der Waals surface area contributed by atoms with Crippen molar-refractivity contribution in [1.82, 2.24) is 9.55 Å². The van der Waals surface area contributed by atoms with Crippen LogP contribution in [0.1, 0.15) is 77.0 Å². The lowest BCUT2D eigenvalue weighted by Gasteiger charge is -2.42. The maximum Gasteiger partial charge on any atom is 0.141 e. The van der Waals surface area contributed by atoms with E-state index in [1.54, 1.807) is 0 Å². The normalized spacial score (nSPS) is 17.1. The number of amidine groups is 1. The Morgan fingerprint density at radius 1 is 1.03 bits per heavy atom. The second-order valence-corrected chi connectivity index (χ2v) is 10.1. The van der Waals surface area contributed by atoms with Gasteiger partial charge in [-0.3, -0.25) is 5.41 Å². The fourth-order valence-corrected chi connectivity index (χ4v) is 4.79. The summed E-state index contributed by atoms with van der Waals surface area (Å²) in [5.74, 6) is 1.10. The molecule has 0 bridgehead atoms. The van der Waals surface area contributed by atoms with Gasteiger partial charge in [-0.15, -0.1) is 0 Å². The van der Waals surface area contributed by atoms with E-state index < -0.39 is 0 Å². The highest BCUT2D eigenvalue weighted by Crippen LogP contribution is 2.46. The van der Waals surface area contributed by atoms with E-state index in [0.717, 1.165) is 41.8 Å². The molecule has 0 aliphatic heterocycles. The molecule has 158 valence electrons. The maximum absolute atomic E-state index is 7.77. The van der Waals surface area contributed by atoms with Crippen LogP contribution in [0.25, 0.3) is 22.4 Å². The van der Waals surface area contributed by atoms with E-state index in [2.05, 4.69) is 63.5 Å². The van der Waals surface area contributed by atoms with Gasteiger partial charge in [-0.05, 0) is 65.5 Å². The van der Waals surface area contributed by atoms with Crippen LogP contribution >= 0.6 is 0 Å². The quantitative estimate of drug-likeness (QED) is 0.398. The first-order chi connectivity index (χ1) is 14.1. The number of hydrogen-bond donors (Lipinski definition) is 2. The first-order valence-electron chi connectivity index (χ1n) is 11.1. The molecular formula is C26H34N4. The lowest BCUT2D eigenvalue weighted by molar-refractivity contribution is 0.332. The predicted molar refractivity (Wildman–Crippen MR) is 126 cm³/mol. The Hall–Kier alpha value is -2.62. The second-order valence-electron chi connectivity index (χ2n) is 10.1. The third-order valence-electron chi connectivity index (χ3n) is 6.91. The van der Waals surface area contributed by atoms with Crippen LogP contribution in [0, 0.1) is 5.41 Å². The Bertz CT molecular complexity index is 1120. The van der Waals surface area contributed by atoms with Gasteiger partial charge < -0.3 is 10.3 Å². The van der Waals surface area contributed by atoms with Gasteiger partial charge in [-0.2, -0.15) is 0 Å². The van der Waals surface area contributed by atoms with E-state index in [1.807, 2.05) is 12.1 Å². The second kappa shape index (κ2) is 7.26. The zero-order chi connectivity index (χ0) is 21.7. The third-order valence-corrected chi connectivity index (χ3v) is 6.91. The summed E-state index contributed by atoms with van der Waals surface area (Å²) in [4.78, 5) is 5.02. The molecule has 4 heteroatoms. The fourth-order valence-electron chi connectivity index (χ4n) is 4.79. The van der Waals surface area contributed by atoms with Crippen molar-refractivity contribution in [3.05, 3.63) is 53.1 Å². The van der Waals surface area contributed by atoms with E-state index >= 15 is 0 Å². The summed E-state index contributed by atoms with van der Waals surface area (Å²) in [5, 5.41) is 7.77. The predicted octanol–water partition coefficient (Wildman–Crippen LogP) is 6.14. The van der Waals surface area contributed by atoms with E-state index in [0.29, 0.717) is 0 Å². The molecule has 0 atom stereocenters. The smallest absolute Gasteiger partial charge is 0.141 e. The van der Waals surface area contributed by atoms with Crippen LogP contribution in [0.5, 0.6) is 0 Å². The van der Waals surface area contributed by atoms with Crippen LogP contribution in [0.3, 0.4) is 0 Å². The van der Waals surface area contributed by atoms with Gasteiger partial charge >= 0.3 is 0 Å². The van der Waals surface area contributed by atoms with Crippen molar-refractivity contribution in [3.63, 3.8) is 0 Å². The summed E-state index contributed by atoms with van der Waals surface area (Å²) in [6.07, 6.45) is 4.66. The molecule has 2 aromatic carbocycles. The number of imidazole rings is 1. The zero-order valence-corrected chi connectivity index (χ0v) is 19.0. The average molecular weight is 403 g/mol. The van der Waals surface area contributed by atoms with Crippen LogP contribution in [0.4, 0.5) is 0 Å². The summed E-state index contributed by atoms with van der Waals surface area (Å²) < 4.78 is 2.34. The van der Waals surface area contributed by atoms with E-state index in [1.165, 1.54) is 29.5 Å². The van der Waals surface area contributed by atoms with Crippen molar-refractivity contribution in [2.24, 2.45) is 5.73 Å². The van der Waals surface area contributed by atoms with Crippen LogP contribution in [0.15, 0.2) is 36.4 Å². The number of aromatic nitrogens is 2. The van der Waals surface area contributed by atoms with Crippen molar-refractivity contribution in [3.8, 4) is 11.4 Å². The molecule has 0 spiro atoms. The minimum absolute atomic E-state index is 0.0827. The molecule has 1 aromatic heterocycles. The summed E-state index contributed by atoms with van der Waals surface area (Å²) in [6, 6.07) is 12.9. The lowest BCUT2D eigenvalue weighted by atomic mass is 9.63. The molecule has 0 unspecified atom stereocenters. The van der Waals surface area contributed by atoms with Crippen LogP contribution in [-0.2, 0) is 17.4 Å². The van der Waals surface area contributed by atoms with Crippen LogP contribution in [0.2, 0.25) is 0 Å². The van der Waals surface area contributed by atoms with E-state index in [9.17, 15) is 0 Å². The molecule has 0 amide bonds. The largest absolute Gasteiger partial charge is 0.384 e. The number of rotatable bonds is 5. The fraction of sp³-hybridized carbons (Fsp3) is 0.462. The monoisotopic (exact) mass is 402 g/mol.